The van der Waals surface area contributed by atoms with Crippen molar-refractivity contribution in [2.24, 2.45) is 0 Å². The van der Waals surface area contributed by atoms with Gasteiger partial charge < -0.3 is 20.3 Å². The highest BCUT2D eigenvalue weighted by Gasteiger charge is 2.18. The van der Waals surface area contributed by atoms with E-state index in [4.69, 9.17) is 4.74 Å². The van der Waals surface area contributed by atoms with Gasteiger partial charge >= 0.3 is 5.97 Å². The molecule has 0 aromatic carbocycles. The second kappa shape index (κ2) is 63.9. The van der Waals surface area contributed by atoms with Gasteiger partial charge in [0.1, 0.15) is 0 Å². The summed E-state index contributed by atoms with van der Waals surface area (Å²) in [6.45, 7) is 4.93. The van der Waals surface area contributed by atoms with Crippen LogP contribution >= 0.6 is 0 Å². The van der Waals surface area contributed by atoms with Gasteiger partial charge in [-0.05, 0) is 57.8 Å². The Hall–Kier alpha value is -1.66. The Kier molecular flexibility index (Phi) is 62.4. The summed E-state index contributed by atoms with van der Waals surface area (Å²) >= 11 is 0. The van der Waals surface area contributed by atoms with E-state index in [0.717, 1.165) is 44.9 Å². The predicted molar refractivity (Wildman–Crippen MR) is 324 cm³/mol. The molecule has 0 aromatic heterocycles. The van der Waals surface area contributed by atoms with Crippen LogP contribution in [0.15, 0.2) is 24.3 Å². The van der Waals surface area contributed by atoms with Crippen molar-refractivity contribution in [3.8, 4) is 0 Å². The molecule has 0 saturated carbocycles. The summed E-state index contributed by atoms with van der Waals surface area (Å²) in [5.41, 5.74) is 0. The lowest BCUT2D eigenvalue weighted by Gasteiger charge is -2.20. The molecule has 0 fully saturated rings. The van der Waals surface area contributed by atoms with Crippen molar-refractivity contribution in [3.05, 3.63) is 24.3 Å². The average Bonchev–Trinajstić information content (AvgIpc) is 3.40. The Morgan fingerprint density at radius 3 is 0.959 bits per heavy atom. The second-order valence-electron chi connectivity index (χ2n) is 23.2. The molecule has 0 aliphatic rings. The quantitative estimate of drug-likeness (QED) is 0.0320. The van der Waals surface area contributed by atoms with Crippen molar-refractivity contribution >= 4 is 11.9 Å². The Bertz CT molecular complexity index is 1150. The predicted octanol–water partition coefficient (Wildman–Crippen LogP) is 21.4. The molecule has 2 atom stereocenters. The number of carbonyl (C=O) groups excluding carboxylic acids is 2. The molecule has 0 aromatic rings. The Morgan fingerprint density at radius 2 is 0.635 bits per heavy atom. The molecule has 0 heterocycles. The van der Waals surface area contributed by atoms with Crippen LogP contribution in [0.3, 0.4) is 0 Å². The lowest BCUT2D eigenvalue weighted by Crippen LogP contribution is -2.45. The maximum atomic E-state index is 12.5. The molecular weight excluding hydrogens is 911 g/mol. The summed E-state index contributed by atoms with van der Waals surface area (Å²) in [6.07, 6.45) is 79.5. The number of aliphatic hydroxyl groups is 2. The van der Waals surface area contributed by atoms with E-state index in [0.29, 0.717) is 19.4 Å². The minimum absolute atomic E-state index is 0.00546. The first-order valence-corrected chi connectivity index (χ1v) is 33.6. The number of amides is 1. The zero-order chi connectivity index (χ0) is 53.6. The van der Waals surface area contributed by atoms with Crippen molar-refractivity contribution in [2.75, 3.05) is 13.2 Å². The van der Waals surface area contributed by atoms with Gasteiger partial charge in [0, 0.05) is 12.8 Å². The van der Waals surface area contributed by atoms with Gasteiger partial charge in [0.25, 0.3) is 0 Å². The van der Waals surface area contributed by atoms with Crippen LogP contribution in [0, 0.1) is 0 Å². The number of rotatable bonds is 63. The molecular formula is C68H131NO5. The molecule has 6 heteroatoms. The third kappa shape index (κ3) is 59.6. The number of carbonyl (C=O) groups is 2. The smallest absolute Gasteiger partial charge is 0.305 e. The average molecular weight is 1040 g/mol. The molecule has 0 saturated heterocycles. The van der Waals surface area contributed by atoms with Crippen LogP contribution in [-0.2, 0) is 14.3 Å². The minimum Gasteiger partial charge on any atom is -0.466 e. The third-order valence-electron chi connectivity index (χ3n) is 15.7. The highest BCUT2D eigenvalue weighted by molar-refractivity contribution is 5.76. The lowest BCUT2D eigenvalue weighted by atomic mass is 10.0. The zero-order valence-electron chi connectivity index (χ0n) is 50.1. The Labute approximate surface area is 462 Å². The van der Waals surface area contributed by atoms with Crippen LogP contribution in [0.1, 0.15) is 373 Å². The van der Waals surface area contributed by atoms with E-state index < -0.39 is 12.1 Å². The monoisotopic (exact) mass is 1040 g/mol. The third-order valence-corrected chi connectivity index (χ3v) is 15.7. The summed E-state index contributed by atoms with van der Waals surface area (Å²) in [5, 5.41) is 23.2. The summed E-state index contributed by atoms with van der Waals surface area (Å²) in [6, 6.07) is -0.629. The van der Waals surface area contributed by atoms with E-state index in [1.165, 1.54) is 302 Å². The van der Waals surface area contributed by atoms with Gasteiger partial charge in [0.05, 0.1) is 25.4 Å². The maximum absolute atomic E-state index is 12.5. The Morgan fingerprint density at radius 1 is 0.365 bits per heavy atom. The molecule has 74 heavy (non-hydrogen) atoms. The van der Waals surface area contributed by atoms with E-state index in [-0.39, 0.29) is 18.5 Å². The molecule has 0 rings (SSSR count). The van der Waals surface area contributed by atoms with E-state index >= 15 is 0 Å². The second-order valence-corrected chi connectivity index (χ2v) is 23.2. The maximum Gasteiger partial charge on any atom is 0.305 e. The van der Waals surface area contributed by atoms with Crippen LogP contribution < -0.4 is 5.32 Å². The van der Waals surface area contributed by atoms with Crippen LogP contribution in [0.2, 0.25) is 0 Å². The molecule has 3 N–H and O–H groups in total. The van der Waals surface area contributed by atoms with Crippen molar-refractivity contribution in [2.45, 2.75) is 386 Å². The van der Waals surface area contributed by atoms with Gasteiger partial charge in [-0.3, -0.25) is 9.59 Å². The van der Waals surface area contributed by atoms with Crippen molar-refractivity contribution in [3.63, 3.8) is 0 Å². The van der Waals surface area contributed by atoms with Crippen molar-refractivity contribution < 1.29 is 24.5 Å². The highest BCUT2D eigenvalue weighted by Crippen LogP contribution is 2.18. The Balaban J connectivity index is 3.41. The van der Waals surface area contributed by atoms with Gasteiger partial charge in [-0.15, -0.1) is 0 Å². The SMILES string of the molecule is CCCCCCCC/C=C\CCCCCCCC(=O)OCCCCCCCCCCCCCCCCCCCCCCCCC(=O)NC(CO)C(O)/C=C/CCCCCCCCCCCCCCCCCCCC. The molecule has 1 amide bonds. The number of nitrogens with one attached hydrogen (secondary N) is 1. The van der Waals surface area contributed by atoms with E-state index in [2.05, 4.69) is 31.3 Å². The number of aliphatic hydroxyl groups excluding tert-OH is 2. The molecule has 0 radical (unpaired) electrons. The molecule has 438 valence electrons. The van der Waals surface area contributed by atoms with Gasteiger partial charge in [-0.1, -0.05) is 327 Å². The van der Waals surface area contributed by atoms with Crippen molar-refractivity contribution in [1.82, 2.24) is 5.32 Å². The first-order valence-electron chi connectivity index (χ1n) is 33.6. The summed E-state index contributed by atoms with van der Waals surface area (Å²) in [4.78, 5) is 24.6. The fraction of sp³-hybridized carbons (Fsp3) is 0.912. The molecule has 0 spiro atoms. The van der Waals surface area contributed by atoms with E-state index in [9.17, 15) is 19.8 Å². The first-order chi connectivity index (χ1) is 36.5. The highest BCUT2D eigenvalue weighted by atomic mass is 16.5. The zero-order valence-corrected chi connectivity index (χ0v) is 50.1. The molecule has 0 aliphatic heterocycles. The van der Waals surface area contributed by atoms with Gasteiger partial charge in [-0.2, -0.15) is 0 Å². The number of allylic oxidation sites excluding steroid dienone is 3. The normalized spacial score (nSPS) is 12.6. The van der Waals surface area contributed by atoms with Crippen LogP contribution in [0.5, 0.6) is 0 Å². The number of esters is 1. The van der Waals surface area contributed by atoms with Gasteiger partial charge in [0.2, 0.25) is 5.91 Å². The first kappa shape index (κ1) is 72.3. The summed E-state index contributed by atoms with van der Waals surface area (Å²) in [7, 11) is 0. The van der Waals surface area contributed by atoms with Crippen LogP contribution in [-0.4, -0.2) is 47.4 Å². The van der Waals surface area contributed by atoms with Crippen LogP contribution in [0.4, 0.5) is 0 Å². The minimum atomic E-state index is -0.845. The van der Waals surface area contributed by atoms with Gasteiger partial charge in [0.15, 0.2) is 0 Å². The number of hydrogen-bond acceptors (Lipinski definition) is 5. The lowest BCUT2D eigenvalue weighted by molar-refractivity contribution is -0.143. The summed E-state index contributed by atoms with van der Waals surface area (Å²) in [5.74, 6) is -0.0592. The van der Waals surface area contributed by atoms with Gasteiger partial charge in [-0.25, -0.2) is 0 Å². The van der Waals surface area contributed by atoms with Crippen LogP contribution in [0.25, 0.3) is 0 Å². The van der Waals surface area contributed by atoms with E-state index in [1.807, 2.05) is 6.08 Å². The largest absolute Gasteiger partial charge is 0.466 e. The fourth-order valence-electron chi connectivity index (χ4n) is 10.6. The number of ether oxygens (including phenoxy) is 1. The molecule has 6 nitrogen and oxygen atoms in total. The number of hydrogen-bond donors (Lipinski definition) is 3. The number of unbranched alkanes of at least 4 members (excludes halogenated alkanes) is 50. The van der Waals surface area contributed by atoms with Crippen molar-refractivity contribution in [1.29, 1.82) is 0 Å². The standard InChI is InChI=1S/C68H131NO5/c1-3-5-7-9-11-13-15-17-19-20-21-26-29-33-36-40-44-48-52-56-60-66(71)65(64-70)69-67(72)61-57-53-49-45-41-37-34-30-27-24-22-23-25-28-31-35-39-43-47-51-55-59-63-74-68(73)62-58-54-50-46-42-38-32-18-16-14-12-10-8-6-4-2/h18,32,56,60,65-66,70-71H,3-17,19-31,33-55,57-59,61-64H2,1-2H3,(H,69,72)/b32-18-,60-56+. The molecule has 0 bridgehead atoms. The fourth-order valence-corrected chi connectivity index (χ4v) is 10.6. The topological polar surface area (TPSA) is 95.9 Å². The van der Waals surface area contributed by atoms with E-state index in [1.54, 1.807) is 6.08 Å². The molecule has 0 aliphatic carbocycles. The molecule has 2 unspecified atom stereocenters. The summed E-state index contributed by atoms with van der Waals surface area (Å²) < 4.78 is 5.49.